The highest BCUT2D eigenvalue weighted by atomic mass is 35.5. The zero-order valence-corrected chi connectivity index (χ0v) is 12.4. The number of terminal acetylenes is 1. The topological polar surface area (TPSA) is 32.3 Å². The second kappa shape index (κ2) is 6.78. The molecule has 20 heavy (non-hydrogen) atoms. The number of hydrogen-bond acceptors (Lipinski definition) is 2. The fraction of sp³-hybridized carbons (Fsp3) is 0.438. The van der Waals surface area contributed by atoms with Gasteiger partial charge in [0, 0.05) is 17.1 Å². The molecule has 4 heteroatoms. The van der Waals surface area contributed by atoms with Crippen LogP contribution < -0.4 is 5.32 Å². The molecule has 3 nitrogen and oxygen atoms in total. The molecule has 1 fully saturated rings. The number of nitrogens with zero attached hydrogens (tertiary/aromatic N) is 1. The summed E-state index contributed by atoms with van der Waals surface area (Å²) in [4.78, 5) is 14.1. The van der Waals surface area contributed by atoms with Gasteiger partial charge in [-0.25, -0.2) is 0 Å². The number of halogens is 1. The minimum Gasteiger partial charge on any atom is -0.344 e. The van der Waals surface area contributed by atoms with E-state index in [1.54, 1.807) is 0 Å². The third-order valence-corrected chi connectivity index (χ3v) is 3.93. The molecule has 1 aliphatic carbocycles. The van der Waals surface area contributed by atoms with Gasteiger partial charge < -0.3 is 5.32 Å². The van der Waals surface area contributed by atoms with Crippen LogP contribution in [0.15, 0.2) is 24.3 Å². The molecule has 106 valence electrons. The Morgan fingerprint density at radius 1 is 1.55 bits per heavy atom. The highest BCUT2D eigenvalue weighted by Crippen LogP contribution is 2.36. The highest BCUT2D eigenvalue weighted by molar-refractivity contribution is 6.31. The second-order valence-electron chi connectivity index (χ2n) is 5.08. The van der Waals surface area contributed by atoms with E-state index in [1.807, 2.05) is 24.3 Å². The Bertz CT molecular complexity index is 519. The van der Waals surface area contributed by atoms with Crippen LogP contribution in [0.3, 0.4) is 0 Å². The first kappa shape index (κ1) is 14.9. The van der Waals surface area contributed by atoms with Crippen LogP contribution in [-0.4, -0.2) is 29.9 Å². The average molecular weight is 291 g/mol. The first-order chi connectivity index (χ1) is 9.63. The summed E-state index contributed by atoms with van der Waals surface area (Å²) in [6.07, 6.45) is 7.43. The standard InChI is InChI=1S/C16H19ClN2O/c1-3-10-18-16(20)11-19(13-8-9-13)12(2)14-6-4-5-7-15(14)17/h1,4-7,12-13H,8-11H2,2H3,(H,18,20)/t12-/m0/s1. The summed E-state index contributed by atoms with van der Waals surface area (Å²) in [6.45, 7) is 2.73. The SMILES string of the molecule is C#CCNC(=O)CN(C1CC1)[C@@H](C)c1ccccc1Cl. The van der Waals surface area contributed by atoms with Gasteiger partial charge in [-0.05, 0) is 31.4 Å². The minimum absolute atomic E-state index is 0.0336. The number of rotatable bonds is 6. The average Bonchev–Trinajstić information content (AvgIpc) is 3.27. The van der Waals surface area contributed by atoms with Crippen LogP contribution in [0.4, 0.5) is 0 Å². The van der Waals surface area contributed by atoms with Crippen molar-refractivity contribution in [3.05, 3.63) is 34.9 Å². The van der Waals surface area contributed by atoms with Crippen LogP contribution in [0.2, 0.25) is 5.02 Å². The fourth-order valence-electron chi connectivity index (χ4n) is 2.35. The van der Waals surface area contributed by atoms with Gasteiger partial charge in [-0.1, -0.05) is 35.7 Å². The predicted octanol–water partition coefficient (Wildman–Crippen LogP) is 2.61. The van der Waals surface area contributed by atoms with Crippen molar-refractivity contribution in [2.24, 2.45) is 0 Å². The van der Waals surface area contributed by atoms with E-state index in [4.69, 9.17) is 18.0 Å². The van der Waals surface area contributed by atoms with E-state index in [1.165, 1.54) is 0 Å². The van der Waals surface area contributed by atoms with Crippen molar-refractivity contribution in [2.45, 2.75) is 31.8 Å². The van der Waals surface area contributed by atoms with Crippen LogP contribution in [0, 0.1) is 12.3 Å². The maximum atomic E-state index is 11.9. The lowest BCUT2D eigenvalue weighted by Crippen LogP contribution is -2.40. The number of nitrogens with one attached hydrogen (secondary N) is 1. The summed E-state index contributed by atoms with van der Waals surface area (Å²) in [6, 6.07) is 8.38. The van der Waals surface area contributed by atoms with Gasteiger partial charge in [0.1, 0.15) is 0 Å². The molecular weight excluding hydrogens is 272 g/mol. The molecule has 1 aromatic rings. The lowest BCUT2D eigenvalue weighted by molar-refractivity contribution is -0.122. The molecule has 0 saturated heterocycles. The Labute approximate surface area is 125 Å². The molecule has 1 N–H and O–H groups in total. The van der Waals surface area contributed by atoms with Crippen LogP contribution in [0.25, 0.3) is 0 Å². The summed E-state index contributed by atoms with van der Waals surface area (Å²) in [5, 5.41) is 3.46. The van der Waals surface area contributed by atoms with Gasteiger partial charge >= 0.3 is 0 Å². The summed E-state index contributed by atoms with van der Waals surface area (Å²) < 4.78 is 0. The number of benzene rings is 1. The predicted molar refractivity (Wildman–Crippen MR) is 81.4 cm³/mol. The van der Waals surface area contributed by atoms with Crippen molar-refractivity contribution in [1.82, 2.24) is 10.2 Å². The lowest BCUT2D eigenvalue weighted by Gasteiger charge is -2.29. The van der Waals surface area contributed by atoms with E-state index in [-0.39, 0.29) is 18.5 Å². The van der Waals surface area contributed by atoms with Crippen molar-refractivity contribution >= 4 is 17.5 Å². The molecule has 0 bridgehead atoms. The van der Waals surface area contributed by atoms with Gasteiger partial charge in [0.2, 0.25) is 5.91 Å². The summed E-state index contributed by atoms with van der Waals surface area (Å²) >= 11 is 6.25. The summed E-state index contributed by atoms with van der Waals surface area (Å²) in [5.74, 6) is 2.38. The highest BCUT2D eigenvalue weighted by Gasteiger charge is 2.34. The van der Waals surface area contributed by atoms with Crippen molar-refractivity contribution in [3.8, 4) is 12.3 Å². The molecule has 0 spiro atoms. The maximum Gasteiger partial charge on any atom is 0.234 e. The number of hydrogen-bond donors (Lipinski definition) is 1. The normalized spacial score (nSPS) is 15.7. The molecule has 0 aromatic heterocycles. The first-order valence-electron chi connectivity index (χ1n) is 6.83. The van der Waals surface area contributed by atoms with Gasteiger partial charge in [0.15, 0.2) is 0 Å². The minimum atomic E-state index is -0.0336. The van der Waals surface area contributed by atoms with Crippen LogP contribution >= 0.6 is 11.6 Å². The summed E-state index contributed by atoms with van der Waals surface area (Å²) in [5.41, 5.74) is 1.06. The number of carbonyl (C=O) groups excluding carboxylic acids is 1. The Kier molecular flexibility index (Phi) is 5.05. The van der Waals surface area contributed by atoms with E-state index in [0.29, 0.717) is 12.6 Å². The van der Waals surface area contributed by atoms with E-state index < -0.39 is 0 Å². The fourth-order valence-corrected chi connectivity index (χ4v) is 2.65. The molecule has 0 unspecified atom stereocenters. The van der Waals surface area contributed by atoms with E-state index in [0.717, 1.165) is 23.4 Å². The zero-order chi connectivity index (χ0) is 14.5. The smallest absolute Gasteiger partial charge is 0.234 e. The number of carbonyl (C=O) groups is 1. The van der Waals surface area contributed by atoms with Crippen molar-refractivity contribution in [2.75, 3.05) is 13.1 Å². The van der Waals surface area contributed by atoms with E-state index in [2.05, 4.69) is 23.1 Å². The second-order valence-corrected chi connectivity index (χ2v) is 5.49. The Morgan fingerprint density at radius 2 is 2.25 bits per heavy atom. The van der Waals surface area contributed by atoms with Crippen molar-refractivity contribution in [3.63, 3.8) is 0 Å². The van der Waals surface area contributed by atoms with Crippen molar-refractivity contribution < 1.29 is 4.79 Å². The molecule has 1 amide bonds. The van der Waals surface area contributed by atoms with Gasteiger partial charge in [-0.2, -0.15) is 0 Å². The molecule has 1 saturated carbocycles. The van der Waals surface area contributed by atoms with Crippen LogP contribution in [0.1, 0.15) is 31.4 Å². The Hall–Kier alpha value is -1.50. The first-order valence-corrected chi connectivity index (χ1v) is 7.21. The molecule has 0 heterocycles. The maximum absolute atomic E-state index is 11.9. The van der Waals surface area contributed by atoms with E-state index in [9.17, 15) is 4.79 Å². The lowest BCUT2D eigenvalue weighted by atomic mass is 10.1. The number of amides is 1. The third kappa shape index (κ3) is 3.75. The Morgan fingerprint density at radius 3 is 2.85 bits per heavy atom. The monoisotopic (exact) mass is 290 g/mol. The molecule has 2 rings (SSSR count). The van der Waals surface area contributed by atoms with Gasteiger partial charge in [-0.15, -0.1) is 6.42 Å². The molecule has 0 aliphatic heterocycles. The molecule has 1 aliphatic rings. The molecule has 1 aromatic carbocycles. The van der Waals surface area contributed by atoms with Gasteiger partial charge in [0.05, 0.1) is 13.1 Å². The zero-order valence-electron chi connectivity index (χ0n) is 11.6. The summed E-state index contributed by atoms with van der Waals surface area (Å²) in [7, 11) is 0. The Balaban J connectivity index is 2.07. The van der Waals surface area contributed by atoms with Crippen LogP contribution in [-0.2, 0) is 4.79 Å². The van der Waals surface area contributed by atoms with Gasteiger partial charge in [0.25, 0.3) is 0 Å². The third-order valence-electron chi connectivity index (χ3n) is 3.58. The van der Waals surface area contributed by atoms with Crippen LogP contribution in [0.5, 0.6) is 0 Å². The quantitative estimate of drug-likeness (QED) is 0.817. The van der Waals surface area contributed by atoms with E-state index >= 15 is 0 Å². The molecular formula is C16H19ClN2O. The molecule has 1 atom stereocenters. The largest absolute Gasteiger partial charge is 0.344 e. The van der Waals surface area contributed by atoms with Crippen molar-refractivity contribution in [1.29, 1.82) is 0 Å². The molecule has 0 radical (unpaired) electrons. The van der Waals surface area contributed by atoms with Gasteiger partial charge in [-0.3, -0.25) is 9.69 Å².